The van der Waals surface area contributed by atoms with E-state index in [-0.39, 0.29) is 11.9 Å². The fourth-order valence-corrected chi connectivity index (χ4v) is 1.86. The molecule has 0 spiro atoms. The van der Waals surface area contributed by atoms with Crippen LogP contribution < -0.4 is 5.32 Å². The molecule has 94 valence electrons. The summed E-state index contributed by atoms with van der Waals surface area (Å²) >= 11 is 0. The lowest BCUT2D eigenvalue weighted by Gasteiger charge is -2.14. The molecule has 1 N–H and O–H groups in total. The van der Waals surface area contributed by atoms with Crippen LogP contribution in [0.1, 0.15) is 29.8 Å². The summed E-state index contributed by atoms with van der Waals surface area (Å²) in [7, 11) is 0. The van der Waals surface area contributed by atoms with Crippen LogP contribution in [0, 0.1) is 12.7 Å². The minimum Gasteiger partial charge on any atom is -0.305 e. The number of halogens is 1. The van der Waals surface area contributed by atoms with Gasteiger partial charge in [-0.3, -0.25) is 4.98 Å². The lowest BCUT2D eigenvalue weighted by atomic mass is 10.1. The second-order valence-electron chi connectivity index (χ2n) is 4.43. The van der Waals surface area contributed by atoms with Crippen molar-refractivity contribution in [2.75, 3.05) is 0 Å². The number of nitrogens with one attached hydrogen (secondary N) is 1. The minimum absolute atomic E-state index is 0.177. The molecule has 1 atom stereocenters. The number of nitrogens with zero attached hydrogens (tertiary/aromatic N) is 1. The van der Waals surface area contributed by atoms with Crippen LogP contribution in [0.15, 0.2) is 42.6 Å². The monoisotopic (exact) mass is 244 g/mol. The van der Waals surface area contributed by atoms with E-state index in [1.54, 1.807) is 12.3 Å². The zero-order chi connectivity index (χ0) is 13.0. The molecule has 0 saturated heterocycles. The van der Waals surface area contributed by atoms with Crippen molar-refractivity contribution in [3.63, 3.8) is 0 Å². The van der Waals surface area contributed by atoms with Crippen molar-refractivity contribution < 1.29 is 4.39 Å². The quantitative estimate of drug-likeness (QED) is 0.891. The molecule has 1 unspecified atom stereocenters. The van der Waals surface area contributed by atoms with Gasteiger partial charge in [0.15, 0.2) is 0 Å². The molecule has 2 nitrogen and oxygen atoms in total. The lowest BCUT2D eigenvalue weighted by molar-refractivity contribution is 0.558. The number of pyridine rings is 1. The first-order valence-electron chi connectivity index (χ1n) is 6.06. The number of rotatable bonds is 4. The van der Waals surface area contributed by atoms with Crippen LogP contribution in [0.2, 0.25) is 0 Å². The summed E-state index contributed by atoms with van der Waals surface area (Å²) in [6.07, 6.45) is 1.79. The Balaban J connectivity index is 1.99. The topological polar surface area (TPSA) is 24.9 Å². The molecule has 1 aromatic heterocycles. The van der Waals surface area contributed by atoms with Crippen molar-refractivity contribution in [3.8, 4) is 0 Å². The van der Waals surface area contributed by atoms with E-state index in [9.17, 15) is 4.39 Å². The molecule has 0 aliphatic rings. The van der Waals surface area contributed by atoms with Gasteiger partial charge in [0.25, 0.3) is 0 Å². The molecule has 0 amide bonds. The summed E-state index contributed by atoms with van der Waals surface area (Å²) in [5.74, 6) is -0.186. The predicted molar refractivity (Wildman–Crippen MR) is 70.6 cm³/mol. The summed E-state index contributed by atoms with van der Waals surface area (Å²) in [5.41, 5.74) is 3.09. The molecule has 2 aromatic rings. The van der Waals surface area contributed by atoms with Gasteiger partial charge in [-0.05, 0) is 49.2 Å². The molecular formula is C15H17FN2. The van der Waals surface area contributed by atoms with Crippen molar-refractivity contribution in [3.05, 3.63) is 65.2 Å². The Hall–Kier alpha value is -1.74. The Morgan fingerprint density at radius 3 is 2.78 bits per heavy atom. The molecule has 0 radical (unpaired) electrons. The van der Waals surface area contributed by atoms with Gasteiger partial charge in [-0.1, -0.05) is 12.1 Å². The maximum atomic E-state index is 13.0. The zero-order valence-corrected chi connectivity index (χ0v) is 10.7. The van der Waals surface area contributed by atoms with Crippen LogP contribution in [0.4, 0.5) is 4.39 Å². The molecule has 0 aliphatic heterocycles. The van der Waals surface area contributed by atoms with Crippen molar-refractivity contribution in [1.29, 1.82) is 0 Å². The highest BCUT2D eigenvalue weighted by molar-refractivity contribution is 5.26. The smallest absolute Gasteiger partial charge is 0.123 e. The fourth-order valence-electron chi connectivity index (χ4n) is 1.86. The highest BCUT2D eigenvalue weighted by Gasteiger charge is 2.06. The van der Waals surface area contributed by atoms with Gasteiger partial charge in [0.2, 0.25) is 0 Å². The Labute approximate surface area is 107 Å². The van der Waals surface area contributed by atoms with Crippen molar-refractivity contribution in [2.24, 2.45) is 0 Å². The molecule has 18 heavy (non-hydrogen) atoms. The third-order valence-corrected chi connectivity index (χ3v) is 3.03. The third kappa shape index (κ3) is 3.14. The molecule has 1 heterocycles. The van der Waals surface area contributed by atoms with E-state index < -0.39 is 0 Å². The summed E-state index contributed by atoms with van der Waals surface area (Å²) in [4.78, 5) is 4.30. The molecular weight excluding hydrogens is 227 g/mol. The van der Waals surface area contributed by atoms with Crippen molar-refractivity contribution >= 4 is 0 Å². The van der Waals surface area contributed by atoms with E-state index in [4.69, 9.17) is 0 Å². The van der Waals surface area contributed by atoms with Crippen LogP contribution in [0.25, 0.3) is 0 Å². The summed E-state index contributed by atoms with van der Waals surface area (Å²) < 4.78 is 13.0. The van der Waals surface area contributed by atoms with Gasteiger partial charge >= 0.3 is 0 Å². The first kappa shape index (κ1) is 12.7. The predicted octanol–water partition coefficient (Wildman–Crippen LogP) is 3.38. The lowest BCUT2D eigenvalue weighted by Crippen LogP contribution is -2.19. The molecule has 2 rings (SSSR count). The molecule has 1 aromatic carbocycles. The Bertz CT molecular complexity index is 511. The average molecular weight is 244 g/mol. The van der Waals surface area contributed by atoms with Crippen LogP contribution in [0.3, 0.4) is 0 Å². The normalized spacial score (nSPS) is 12.4. The largest absolute Gasteiger partial charge is 0.305 e. The summed E-state index contributed by atoms with van der Waals surface area (Å²) in [6.45, 7) is 4.70. The Morgan fingerprint density at radius 1 is 1.28 bits per heavy atom. The van der Waals surface area contributed by atoms with E-state index in [1.165, 1.54) is 6.07 Å². The molecule has 0 aliphatic carbocycles. The zero-order valence-electron chi connectivity index (χ0n) is 10.7. The van der Waals surface area contributed by atoms with E-state index in [0.29, 0.717) is 6.54 Å². The number of benzene rings is 1. The maximum absolute atomic E-state index is 13.0. The first-order chi connectivity index (χ1) is 8.66. The minimum atomic E-state index is -0.186. The molecule has 0 saturated carbocycles. The van der Waals surface area contributed by atoms with Gasteiger partial charge in [0.05, 0.1) is 5.69 Å². The fraction of sp³-hybridized carbons (Fsp3) is 0.267. The van der Waals surface area contributed by atoms with Gasteiger partial charge in [-0.15, -0.1) is 0 Å². The van der Waals surface area contributed by atoms with Gasteiger partial charge in [-0.25, -0.2) is 4.39 Å². The van der Waals surface area contributed by atoms with E-state index in [0.717, 1.165) is 16.8 Å². The third-order valence-electron chi connectivity index (χ3n) is 3.03. The number of aryl methyl sites for hydroxylation is 1. The summed E-state index contributed by atoms with van der Waals surface area (Å²) in [5, 5.41) is 3.39. The number of aromatic nitrogens is 1. The number of hydrogen-bond donors (Lipinski definition) is 1. The molecule has 0 fully saturated rings. The highest BCUT2D eigenvalue weighted by atomic mass is 19.1. The van der Waals surface area contributed by atoms with E-state index in [2.05, 4.69) is 17.2 Å². The van der Waals surface area contributed by atoms with Gasteiger partial charge in [-0.2, -0.15) is 0 Å². The molecule has 0 bridgehead atoms. The average Bonchev–Trinajstić information content (AvgIpc) is 2.38. The van der Waals surface area contributed by atoms with Crippen LogP contribution in [-0.4, -0.2) is 4.98 Å². The van der Waals surface area contributed by atoms with Crippen LogP contribution >= 0.6 is 0 Å². The van der Waals surface area contributed by atoms with Crippen LogP contribution in [-0.2, 0) is 6.54 Å². The van der Waals surface area contributed by atoms with Gasteiger partial charge in [0, 0.05) is 18.8 Å². The van der Waals surface area contributed by atoms with Gasteiger partial charge < -0.3 is 5.32 Å². The van der Waals surface area contributed by atoms with E-state index in [1.807, 2.05) is 31.2 Å². The highest BCUT2D eigenvalue weighted by Crippen LogP contribution is 2.13. The van der Waals surface area contributed by atoms with Gasteiger partial charge in [0.1, 0.15) is 5.82 Å². The second kappa shape index (κ2) is 5.74. The number of hydrogen-bond acceptors (Lipinski definition) is 2. The second-order valence-corrected chi connectivity index (χ2v) is 4.43. The molecule has 3 heteroatoms. The summed E-state index contributed by atoms with van der Waals surface area (Å²) in [6, 6.07) is 10.9. The van der Waals surface area contributed by atoms with Crippen molar-refractivity contribution in [1.82, 2.24) is 10.3 Å². The maximum Gasteiger partial charge on any atom is 0.123 e. The Morgan fingerprint density at radius 2 is 2.11 bits per heavy atom. The SMILES string of the molecule is Cc1cc(F)ccc1CNC(C)c1ccccn1. The van der Waals surface area contributed by atoms with Crippen molar-refractivity contribution in [2.45, 2.75) is 26.4 Å². The first-order valence-corrected chi connectivity index (χ1v) is 6.06. The Kier molecular flexibility index (Phi) is 4.05. The van der Waals surface area contributed by atoms with Crippen LogP contribution in [0.5, 0.6) is 0 Å². The standard InChI is InChI=1S/C15H17FN2/c1-11-9-14(16)7-6-13(11)10-18-12(2)15-5-3-4-8-17-15/h3-9,12,18H,10H2,1-2H3. The van der Waals surface area contributed by atoms with E-state index >= 15 is 0 Å².